The van der Waals surface area contributed by atoms with Crippen LogP contribution in [0, 0.1) is 5.92 Å². The minimum atomic E-state index is -0.212. The summed E-state index contributed by atoms with van der Waals surface area (Å²) in [5.41, 5.74) is 2.07. The van der Waals surface area contributed by atoms with Crippen LogP contribution in [0.2, 0.25) is 0 Å². The Hall–Kier alpha value is -2.27. The van der Waals surface area contributed by atoms with Crippen molar-refractivity contribution in [1.82, 2.24) is 0 Å². The molecular weight excluding hydrogens is 406 g/mol. The zero-order valence-corrected chi connectivity index (χ0v) is 17.6. The Morgan fingerprint density at radius 3 is 2.56 bits per heavy atom. The van der Waals surface area contributed by atoms with Crippen LogP contribution in [0.1, 0.15) is 37.6 Å². The Morgan fingerprint density at radius 2 is 1.89 bits per heavy atom. The lowest BCUT2D eigenvalue weighted by Crippen LogP contribution is -2.13. The van der Waals surface area contributed by atoms with E-state index in [-0.39, 0.29) is 5.91 Å². The molecule has 0 bridgehead atoms. The van der Waals surface area contributed by atoms with Crippen LogP contribution in [0.25, 0.3) is 0 Å². The average molecular weight is 432 g/mol. The third-order valence-corrected chi connectivity index (χ3v) is 4.38. The van der Waals surface area contributed by atoms with Crippen LogP contribution in [0.3, 0.4) is 0 Å². The first kappa shape index (κ1) is 21.0. The second kappa shape index (κ2) is 10.2. The molecule has 0 aliphatic heterocycles. The lowest BCUT2D eigenvalue weighted by molar-refractivity contribution is 0.102. The summed E-state index contributed by atoms with van der Waals surface area (Å²) in [5.74, 6) is 1.72. The molecule has 4 nitrogen and oxygen atoms in total. The van der Waals surface area contributed by atoms with Gasteiger partial charge in [0.05, 0.1) is 16.8 Å². The van der Waals surface area contributed by atoms with E-state index in [9.17, 15) is 4.79 Å². The van der Waals surface area contributed by atoms with Gasteiger partial charge in [0.1, 0.15) is 18.1 Å². The maximum atomic E-state index is 12.6. The molecule has 0 heterocycles. The second-order valence-electron chi connectivity index (χ2n) is 6.87. The summed E-state index contributed by atoms with van der Waals surface area (Å²) in [5, 5.41) is 2.90. The van der Waals surface area contributed by atoms with Gasteiger partial charge in [-0.2, -0.15) is 0 Å². The van der Waals surface area contributed by atoms with E-state index in [2.05, 4.69) is 41.7 Å². The molecule has 27 heavy (non-hydrogen) atoms. The molecule has 2 aromatic carbocycles. The molecule has 0 radical (unpaired) electrons. The normalized spacial score (nSPS) is 10.6. The zero-order chi connectivity index (χ0) is 19.8. The molecule has 0 aliphatic rings. The van der Waals surface area contributed by atoms with Crippen molar-refractivity contribution in [3.63, 3.8) is 0 Å². The molecule has 2 aromatic rings. The molecule has 0 fully saturated rings. The molecule has 0 aliphatic carbocycles. The van der Waals surface area contributed by atoms with Crippen molar-refractivity contribution in [2.75, 3.05) is 18.5 Å². The predicted molar refractivity (Wildman–Crippen MR) is 114 cm³/mol. The van der Waals surface area contributed by atoms with E-state index >= 15 is 0 Å². The van der Waals surface area contributed by atoms with Crippen molar-refractivity contribution in [2.45, 2.75) is 27.2 Å². The fourth-order valence-corrected chi connectivity index (χ4v) is 2.75. The van der Waals surface area contributed by atoms with Crippen molar-refractivity contribution in [1.29, 1.82) is 0 Å². The van der Waals surface area contributed by atoms with E-state index in [0.29, 0.717) is 36.1 Å². The molecular formula is C22H26BrNO3. The summed E-state index contributed by atoms with van der Waals surface area (Å²) in [4.78, 5) is 12.6. The van der Waals surface area contributed by atoms with Crippen LogP contribution in [0.4, 0.5) is 5.69 Å². The third kappa shape index (κ3) is 6.75. The van der Waals surface area contributed by atoms with Gasteiger partial charge >= 0.3 is 0 Å². The van der Waals surface area contributed by atoms with Gasteiger partial charge < -0.3 is 14.8 Å². The molecule has 2 rings (SSSR count). The number of hydrogen-bond donors (Lipinski definition) is 1. The minimum absolute atomic E-state index is 0.212. The summed E-state index contributed by atoms with van der Waals surface area (Å²) >= 11 is 3.48. The summed E-state index contributed by atoms with van der Waals surface area (Å²) < 4.78 is 12.2. The number of benzene rings is 2. The number of para-hydroxylation sites is 2. The quantitative estimate of drug-likeness (QED) is 0.489. The maximum absolute atomic E-state index is 12.6. The highest BCUT2D eigenvalue weighted by Gasteiger charge is 2.12. The summed E-state index contributed by atoms with van der Waals surface area (Å²) in [6.45, 7) is 11.1. The topological polar surface area (TPSA) is 47.6 Å². The van der Waals surface area contributed by atoms with Gasteiger partial charge in [-0.3, -0.25) is 4.79 Å². The van der Waals surface area contributed by atoms with Crippen LogP contribution >= 0.6 is 15.9 Å². The van der Waals surface area contributed by atoms with E-state index < -0.39 is 0 Å². The molecule has 0 atom stereocenters. The summed E-state index contributed by atoms with van der Waals surface area (Å²) in [6.07, 6.45) is 0.982. The van der Waals surface area contributed by atoms with Gasteiger partial charge in [-0.1, -0.05) is 32.6 Å². The van der Waals surface area contributed by atoms with E-state index in [0.717, 1.165) is 22.2 Å². The summed E-state index contributed by atoms with van der Waals surface area (Å²) in [6, 6.07) is 12.7. The number of ether oxygens (including phenoxy) is 2. The summed E-state index contributed by atoms with van der Waals surface area (Å²) in [7, 11) is 0. The van der Waals surface area contributed by atoms with Crippen LogP contribution in [-0.4, -0.2) is 19.1 Å². The van der Waals surface area contributed by atoms with E-state index in [1.165, 1.54) is 0 Å². The van der Waals surface area contributed by atoms with Gasteiger partial charge in [-0.25, -0.2) is 0 Å². The van der Waals surface area contributed by atoms with Gasteiger partial charge in [0.25, 0.3) is 5.91 Å². The number of amides is 1. The van der Waals surface area contributed by atoms with Crippen LogP contribution < -0.4 is 14.8 Å². The number of nitrogens with one attached hydrogen (secondary N) is 1. The largest absolute Gasteiger partial charge is 0.492 e. The number of carbonyl (C=O) groups is 1. The Kier molecular flexibility index (Phi) is 7.92. The molecule has 1 amide bonds. The van der Waals surface area contributed by atoms with Gasteiger partial charge in [-0.15, -0.1) is 0 Å². The highest BCUT2D eigenvalue weighted by Crippen LogP contribution is 2.28. The molecule has 144 valence electrons. The van der Waals surface area contributed by atoms with Gasteiger partial charge in [-0.05, 0) is 71.1 Å². The Labute approximate surface area is 169 Å². The van der Waals surface area contributed by atoms with Gasteiger partial charge in [0.15, 0.2) is 0 Å². The van der Waals surface area contributed by atoms with Crippen LogP contribution in [-0.2, 0) is 0 Å². The first-order chi connectivity index (χ1) is 12.9. The number of rotatable bonds is 9. The van der Waals surface area contributed by atoms with Crippen LogP contribution in [0.5, 0.6) is 11.5 Å². The van der Waals surface area contributed by atoms with Gasteiger partial charge in [0.2, 0.25) is 0 Å². The molecule has 0 saturated heterocycles. The molecule has 0 spiro atoms. The van der Waals surface area contributed by atoms with Crippen molar-refractivity contribution in [3.05, 3.63) is 64.7 Å². The first-order valence-electron chi connectivity index (χ1n) is 8.96. The number of carbonyl (C=O) groups excluding carboxylic acids is 1. The third-order valence-electron chi connectivity index (χ3n) is 3.76. The smallest absolute Gasteiger partial charge is 0.255 e. The first-order valence-corrected chi connectivity index (χ1v) is 9.76. The standard InChI is InChI=1S/C22H26BrNO3/c1-15(2)11-12-26-20-10-9-17(13-18(20)23)22(25)24-19-7-5-6-8-21(19)27-14-16(3)4/h5-10,13,15H,3,11-12,14H2,1-2,4H3,(H,24,25). The minimum Gasteiger partial charge on any atom is -0.492 e. The molecule has 0 saturated carbocycles. The lowest BCUT2D eigenvalue weighted by atomic mass is 10.1. The van der Waals surface area contributed by atoms with Crippen molar-refractivity contribution in [2.24, 2.45) is 5.92 Å². The fraction of sp³-hybridized carbons (Fsp3) is 0.318. The van der Waals surface area contributed by atoms with Crippen molar-refractivity contribution >= 4 is 27.5 Å². The monoisotopic (exact) mass is 431 g/mol. The Morgan fingerprint density at radius 1 is 1.15 bits per heavy atom. The maximum Gasteiger partial charge on any atom is 0.255 e. The Balaban J connectivity index is 2.06. The Bertz CT molecular complexity index is 802. The zero-order valence-electron chi connectivity index (χ0n) is 16.0. The SMILES string of the molecule is C=C(C)COc1ccccc1NC(=O)c1ccc(OCCC(C)C)c(Br)c1. The second-order valence-corrected chi connectivity index (χ2v) is 7.73. The lowest BCUT2D eigenvalue weighted by Gasteiger charge is -2.13. The van der Waals surface area contributed by atoms with Crippen molar-refractivity contribution < 1.29 is 14.3 Å². The molecule has 0 unspecified atom stereocenters. The number of halogens is 1. The number of anilines is 1. The molecule has 1 N–H and O–H groups in total. The van der Waals surface area contributed by atoms with E-state index in [4.69, 9.17) is 9.47 Å². The van der Waals surface area contributed by atoms with Crippen molar-refractivity contribution in [3.8, 4) is 11.5 Å². The number of hydrogen-bond acceptors (Lipinski definition) is 3. The predicted octanol–water partition coefficient (Wildman–Crippen LogP) is 6.08. The highest BCUT2D eigenvalue weighted by atomic mass is 79.9. The fourth-order valence-electron chi connectivity index (χ4n) is 2.25. The highest BCUT2D eigenvalue weighted by molar-refractivity contribution is 9.10. The van der Waals surface area contributed by atoms with Crippen LogP contribution in [0.15, 0.2) is 59.1 Å². The van der Waals surface area contributed by atoms with Gasteiger partial charge in [0, 0.05) is 5.56 Å². The van der Waals surface area contributed by atoms with E-state index in [1.54, 1.807) is 12.1 Å². The van der Waals surface area contributed by atoms with E-state index in [1.807, 2.05) is 37.3 Å². The average Bonchev–Trinajstić information content (AvgIpc) is 2.62. The molecule has 0 aromatic heterocycles. The molecule has 5 heteroatoms.